The van der Waals surface area contributed by atoms with Crippen LogP contribution in [0.25, 0.3) is 0 Å². The van der Waals surface area contributed by atoms with E-state index in [-0.39, 0.29) is 11.9 Å². The van der Waals surface area contributed by atoms with Crippen molar-refractivity contribution in [2.75, 3.05) is 6.61 Å². The van der Waals surface area contributed by atoms with Crippen molar-refractivity contribution < 1.29 is 9.13 Å². The van der Waals surface area contributed by atoms with Crippen molar-refractivity contribution >= 4 is 13.3 Å². The largest absolute Gasteiger partial charge is 0.371 e. The first-order valence-electron chi connectivity index (χ1n) is 6.15. The minimum atomic E-state index is -1.83. The number of benzene rings is 1. The second-order valence-corrected chi connectivity index (χ2v) is 9.43. The lowest BCUT2D eigenvalue weighted by Crippen LogP contribution is -2.40. The summed E-state index contributed by atoms with van der Waals surface area (Å²) in [5, 5.41) is 1.26. The summed E-state index contributed by atoms with van der Waals surface area (Å²) in [5.74, 6) is -0.0666. The summed E-state index contributed by atoms with van der Waals surface area (Å²) >= 11 is 0. The highest BCUT2D eigenvalue weighted by molar-refractivity contribution is 6.94. The van der Waals surface area contributed by atoms with Crippen LogP contribution in [0.1, 0.15) is 12.8 Å². The molecule has 0 amide bonds. The summed E-state index contributed by atoms with van der Waals surface area (Å²) < 4.78 is 19.4. The first-order valence-corrected chi connectivity index (χ1v) is 9.23. The number of ether oxygens (including phenoxy) is 1. The molecule has 1 atom stereocenters. The molecule has 3 heteroatoms. The van der Waals surface area contributed by atoms with E-state index in [2.05, 4.69) is 25.2 Å². The molecule has 1 aliphatic rings. The molecule has 0 aliphatic carbocycles. The Labute approximate surface area is 103 Å². The van der Waals surface area contributed by atoms with Crippen molar-refractivity contribution in [2.45, 2.75) is 32.0 Å². The smallest absolute Gasteiger partial charge is 0.121 e. The third kappa shape index (κ3) is 3.04. The Balaban J connectivity index is 2.18. The van der Waals surface area contributed by atoms with Gasteiger partial charge in [0, 0.05) is 6.61 Å². The number of hydrogen-bond donors (Lipinski definition) is 0. The van der Waals surface area contributed by atoms with Crippen LogP contribution >= 0.6 is 0 Å². The normalized spacial score (nSPS) is 21.8. The molecule has 1 aliphatic heterocycles. The summed E-state index contributed by atoms with van der Waals surface area (Å²) in [7, 11) is -1.83. The van der Waals surface area contributed by atoms with Crippen LogP contribution in [0.5, 0.6) is 0 Å². The van der Waals surface area contributed by atoms with E-state index < -0.39 is 8.07 Å². The van der Waals surface area contributed by atoms with E-state index in [1.54, 1.807) is 0 Å². The predicted molar refractivity (Wildman–Crippen MR) is 71.7 cm³/mol. The third-order valence-electron chi connectivity index (χ3n) is 3.25. The maximum absolute atomic E-state index is 14.1. The molecule has 1 heterocycles. The van der Waals surface area contributed by atoms with Crippen LogP contribution in [0.4, 0.5) is 4.39 Å². The van der Waals surface area contributed by atoms with Crippen molar-refractivity contribution in [1.82, 2.24) is 0 Å². The molecule has 0 spiro atoms. The van der Waals surface area contributed by atoms with Crippen molar-refractivity contribution in [2.24, 2.45) is 0 Å². The van der Waals surface area contributed by atoms with Crippen LogP contribution in [0.3, 0.4) is 0 Å². The zero-order valence-corrected chi connectivity index (χ0v) is 11.4. The number of halogens is 1. The Bertz CT molecular complexity index is 394. The molecule has 1 fully saturated rings. The van der Waals surface area contributed by atoms with Crippen LogP contribution in [0.2, 0.25) is 13.1 Å². The van der Waals surface area contributed by atoms with E-state index >= 15 is 0 Å². The van der Waals surface area contributed by atoms with E-state index in [1.165, 1.54) is 5.19 Å². The molecule has 0 bridgehead atoms. The Kier molecular flexibility index (Phi) is 3.79. The monoisotopic (exact) mass is 250 g/mol. The van der Waals surface area contributed by atoms with Crippen LogP contribution in [0.15, 0.2) is 41.9 Å². The molecule has 92 valence electrons. The lowest BCUT2D eigenvalue weighted by molar-refractivity contribution is 0.119. The van der Waals surface area contributed by atoms with Gasteiger partial charge in [-0.1, -0.05) is 54.3 Å². The van der Waals surface area contributed by atoms with Gasteiger partial charge in [-0.25, -0.2) is 4.39 Å². The van der Waals surface area contributed by atoms with Crippen LogP contribution in [-0.4, -0.2) is 20.8 Å². The molecule has 17 heavy (non-hydrogen) atoms. The van der Waals surface area contributed by atoms with Gasteiger partial charge in [-0.05, 0) is 12.8 Å². The number of hydrogen-bond acceptors (Lipinski definition) is 1. The van der Waals surface area contributed by atoms with Crippen molar-refractivity contribution in [3.63, 3.8) is 0 Å². The summed E-state index contributed by atoms with van der Waals surface area (Å²) in [6.45, 7) is 5.02. The molecular weight excluding hydrogens is 231 g/mol. The average molecular weight is 250 g/mol. The van der Waals surface area contributed by atoms with Crippen LogP contribution in [0, 0.1) is 0 Å². The molecule has 0 N–H and O–H groups in total. The molecule has 1 unspecified atom stereocenters. The predicted octanol–water partition coefficient (Wildman–Crippen LogP) is 3.17. The van der Waals surface area contributed by atoms with E-state index in [9.17, 15) is 4.39 Å². The molecule has 1 aromatic carbocycles. The van der Waals surface area contributed by atoms with Gasteiger partial charge in [0.2, 0.25) is 0 Å². The first-order chi connectivity index (χ1) is 8.09. The van der Waals surface area contributed by atoms with E-state index in [0.717, 1.165) is 12.8 Å². The fourth-order valence-electron chi connectivity index (χ4n) is 2.18. The van der Waals surface area contributed by atoms with Crippen LogP contribution in [-0.2, 0) is 4.74 Å². The molecule has 1 aromatic rings. The average Bonchev–Trinajstić information content (AvgIpc) is 2.83. The molecular formula is C14H19FOSi. The molecule has 2 rings (SSSR count). The maximum atomic E-state index is 14.1. The van der Waals surface area contributed by atoms with Gasteiger partial charge in [-0.2, -0.15) is 0 Å². The van der Waals surface area contributed by atoms with E-state index in [1.807, 2.05) is 23.9 Å². The van der Waals surface area contributed by atoms with Gasteiger partial charge in [-0.3, -0.25) is 0 Å². The summed E-state index contributed by atoms with van der Waals surface area (Å²) in [6.07, 6.45) is 1.51. The standard InChI is InChI=1S/C14H19FOSi/c1-17(2,12-7-4-3-5-8-12)11-13(15)14-9-6-10-16-14/h3-5,7-8,11,14H,6,9-10H2,1-2H3/b13-11-. The fraction of sp³-hybridized carbons (Fsp3) is 0.429. The highest BCUT2D eigenvalue weighted by Crippen LogP contribution is 2.22. The van der Waals surface area contributed by atoms with E-state index in [4.69, 9.17) is 4.74 Å². The van der Waals surface area contributed by atoms with Crippen molar-refractivity contribution in [3.05, 3.63) is 41.9 Å². The van der Waals surface area contributed by atoms with Gasteiger partial charge in [0.25, 0.3) is 0 Å². The van der Waals surface area contributed by atoms with Gasteiger partial charge >= 0.3 is 0 Å². The highest BCUT2D eigenvalue weighted by Gasteiger charge is 2.26. The molecule has 1 nitrogen and oxygen atoms in total. The fourth-order valence-corrected chi connectivity index (χ4v) is 4.28. The summed E-state index contributed by atoms with van der Waals surface area (Å²) in [4.78, 5) is 0. The first kappa shape index (κ1) is 12.5. The molecule has 0 radical (unpaired) electrons. The minimum Gasteiger partial charge on any atom is -0.371 e. The SMILES string of the molecule is C[Si](C)(/C=C(\F)C1CCCO1)c1ccccc1. The van der Waals surface area contributed by atoms with Gasteiger partial charge in [0.15, 0.2) is 0 Å². The van der Waals surface area contributed by atoms with Crippen molar-refractivity contribution in [3.8, 4) is 0 Å². The maximum Gasteiger partial charge on any atom is 0.121 e. The molecule has 0 saturated carbocycles. The lowest BCUT2D eigenvalue weighted by Gasteiger charge is -2.20. The summed E-state index contributed by atoms with van der Waals surface area (Å²) in [5.41, 5.74) is 1.83. The Morgan fingerprint density at radius 3 is 2.65 bits per heavy atom. The quantitative estimate of drug-likeness (QED) is 0.749. The van der Waals surface area contributed by atoms with Gasteiger partial charge < -0.3 is 4.74 Å². The minimum absolute atomic E-state index is 0.0666. The number of rotatable bonds is 3. The Morgan fingerprint density at radius 2 is 2.06 bits per heavy atom. The lowest BCUT2D eigenvalue weighted by atomic mass is 10.2. The van der Waals surface area contributed by atoms with E-state index in [0.29, 0.717) is 6.61 Å². The van der Waals surface area contributed by atoms with Gasteiger partial charge in [-0.15, -0.1) is 0 Å². The second kappa shape index (κ2) is 5.15. The topological polar surface area (TPSA) is 9.23 Å². The zero-order chi connectivity index (χ0) is 12.3. The van der Waals surface area contributed by atoms with Gasteiger partial charge in [0.1, 0.15) is 20.0 Å². The third-order valence-corrected chi connectivity index (χ3v) is 6.07. The summed E-state index contributed by atoms with van der Waals surface area (Å²) in [6, 6.07) is 10.2. The second-order valence-electron chi connectivity index (χ2n) is 5.12. The van der Waals surface area contributed by atoms with Gasteiger partial charge in [0.05, 0.1) is 0 Å². The Morgan fingerprint density at radius 1 is 1.35 bits per heavy atom. The highest BCUT2D eigenvalue weighted by atomic mass is 28.3. The Hall–Kier alpha value is -0.933. The molecule has 1 saturated heterocycles. The van der Waals surface area contributed by atoms with Crippen molar-refractivity contribution in [1.29, 1.82) is 0 Å². The zero-order valence-electron chi connectivity index (χ0n) is 10.4. The van der Waals surface area contributed by atoms with Crippen LogP contribution < -0.4 is 5.19 Å². The molecule has 0 aromatic heterocycles.